The molecule has 0 radical (unpaired) electrons. The number of anilines is 2. The van der Waals surface area contributed by atoms with Crippen LogP contribution in [-0.2, 0) is 0 Å². The largest absolute Gasteiger partial charge is 0.465 e. The van der Waals surface area contributed by atoms with Gasteiger partial charge in [0.05, 0.1) is 23.3 Å². The summed E-state index contributed by atoms with van der Waals surface area (Å²) in [6, 6.07) is 7.90. The molecule has 2 aliphatic rings. The smallest absolute Gasteiger partial charge is 0.407 e. The summed E-state index contributed by atoms with van der Waals surface area (Å²) in [4.78, 5) is 24.8. The van der Waals surface area contributed by atoms with Gasteiger partial charge in [-0.05, 0) is 77.3 Å². The molecule has 3 aromatic rings. The van der Waals surface area contributed by atoms with E-state index in [1.54, 1.807) is 10.7 Å². The van der Waals surface area contributed by atoms with Crippen LogP contribution in [0.5, 0.6) is 0 Å². The van der Waals surface area contributed by atoms with Crippen molar-refractivity contribution in [2.24, 2.45) is 5.92 Å². The highest BCUT2D eigenvalue weighted by Gasteiger charge is 2.36. The Bertz CT molecular complexity index is 1400. The molecule has 0 atom stereocenters. The van der Waals surface area contributed by atoms with E-state index < -0.39 is 17.4 Å². The summed E-state index contributed by atoms with van der Waals surface area (Å²) in [5, 5.41) is 26.7. The Balaban J connectivity index is 1.44. The molecular weight excluding hydrogens is 511 g/mol. The van der Waals surface area contributed by atoms with Crippen LogP contribution in [0.25, 0.3) is 16.9 Å². The Kier molecular flexibility index (Phi) is 7.79. The van der Waals surface area contributed by atoms with Crippen LogP contribution in [-0.4, -0.2) is 66.4 Å². The van der Waals surface area contributed by atoms with E-state index in [9.17, 15) is 9.90 Å². The second-order valence-electron chi connectivity index (χ2n) is 11.9. The highest BCUT2D eigenvalue weighted by atomic mass is 19.1. The first-order valence-electron chi connectivity index (χ1n) is 14.1. The molecule has 10 nitrogen and oxygen atoms in total. The van der Waals surface area contributed by atoms with Gasteiger partial charge in [0.15, 0.2) is 17.5 Å². The van der Waals surface area contributed by atoms with E-state index in [4.69, 9.17) is 10.2 Å². The number of rotatable bonds is 6. The number of fused-ring (bicyclic) bond motifs is 1. The van der Waals surface area contributed by atoms with Gasteiger partial charge in [0, 0.05) is 43.3 Å². The Hall–Kier alpha value is -3.94. The van der Waals surface area contributed by atoms with Gasteiger partial charge < -0.3 is 20.2 Å². The van der Waals surface area contributed by atoms with Crippen LogP contribution in [0.15, 0.2) is 30.6 Å². The van der Waals surface area contributed by atoms with Gasteiger partial charge in [-0.3, -0.25) is 0 Å². The molecule has 1 aliphatic heterocycles. The minimum absolute atomic E-state index is 0.0607. The Morgan fingerprint density at radius 2 is 1.90 bits per heavy atom. The van der Waals surface area contributed by atoms with Gasteiger partial charge >= 0.3 is 6.09 Å². The van der Waals surface area contributed by atoms with Crippen molar-refractivity contribution in [3.05, 3.63) is 36.4 Å². The molecule has 1 amide bonds. The van der Waals surface area contributed by atoms with Crippen LogP contribution in [0.2, 0.25) is 0 Å². The maximum atomic E-state index is 16.1. The standard InChI is InChI=1S/C29H37FN8O2/c1-29(2,3)38(28(39)40)21-12-16-36(17-13-21)27-24(30)26(33-20-9-7-19(8-10-20)11-14-31)34-25(35-27)22-18-32-37-15-5-4-6-23(22)37/h4-6,15,18-21H,7-13,16-17H2,1-3H3,(H,39,40)(H,33,34,35). The minimum Gasteiger partial charge on any atom is -0.465 e. The molecule has 0 unspecified atom stereocenters. The lowest BCUT2D eigenvalue weighted by atomic mass is 9.84. The maximum absolute atomic E-state index is 16.1. The number of halogens is 1. The summed E-state index contributed by atoms with van der Waals surface area (Å²) in [6.07, 6.45) is 7.85. The van der Waals surface area contributed by atoms with Crippen molar-refractivity contribution in [1.82, 2.24) is 24.5 Å². The summed E-state index contributed by atoms with van der Waals surface area (Å²) in [7, 11) is 0. The molecule has 2 fully saturated rings. The predicted molar refractivity (Wildman–Crippen MR) is 151 cm³/mol. The van der Waals surface area contributed by atoms with Crippen LogP contribution < -0.4 is 10.2 Å². The lowest BCUT2D eigenvalue weighted by molar-refractivity contribution is 0.0615. The summed E-state index contributed by atoms with van der Waals surface area (Å²) < 4.78 is 17.9. The zero-order chi connectivity index (χ0) is 28.4. The molecule has 0 bridgehead atoms. The van der Waals surface area contributed by atoms with Crippen molar-refractivity contribution in [2.75, 3.05) is 23.3 Å². The van der Waals surface area contributed by atoms with Gasteiger partial charge in [-0.1, -0.05) is 6.07 Å². The van der Waals surface area contributed by atoms with Crippen molar-refractivity contribution >= 4 is 23.2 Å². The number of carboxylic acid groups (broad SMARTS) is 1. The van der Waals surface area contributed by atoms with Crippen LogP contribution in [0, 0.1) is 23.1 Å². The van der Waals surface area contributed by atoms with E-state index in [0.717, 1.165) is 31.2 Å². The Morgan fingerprint density at radius 3 is 2.55 bits per heavy atom. The van der Waals surface area contributed by atoms with Crippen LogP contribution >= 0.6 is 0 Å². The van der Waals surface area contributed by atoms with E-state index in [0.29, 0.717) is 49.7 Å². The van der Waals surface area contributed by atoms with E-state index in [-0.39, 0.29) is 23.7 Å². The summed E-state index contributed by atoms with van der Waals surface area (Å²) in [5.74, 6) is 0.675. The fourth-order valence-electron chi connectivity index (χ4n) is 6.13. The molecule has 11 heteroatoms. The number of nitrogens with zero attached hydrogens (tertiary/aromatic N) is 7. The first kappa shape index (κ1) is 27.6. The average Bonchev–Trinajstić information content (AvgIpc) is 3.35. The molecule has 3 aromatic heterocycles. The lowest BCUT2D eigenvalue weighted by Crippen LogP contribution is -2.54. The molecule has 5 rings (SSSR count). The van der Waals surface area contributed by atoms with Crippen molar-refractivity contribution in [3.8, 4) is 17.5 Å². The van der Waals surface area contributed by atoms with Crippen molar-refractivity contribution in [2.45, 2.75) is 83.3 Å². The molecule has 0 aromatic carbocycles. The normalized spacial score (nSPS) is 20.3. The van der Waals surface area contributed by atoms with Gasteiger partial charge in [-0.15, -0.1) is 0 Å². The molecule has 0 spiro atoms. The van der Waals surface area contributed by atoms with Gasteiger partial charge in [0.25, 0.3) is 0 Å². The fraction of sp³-hybridized carbons (Fsp3) is 0.552. The molecule has 1 saturated carbocycles. The predicted octanol–water partition coefficient (Wildman–Crippen LogP) is 5.56. The summed E-state index contributed by atoms with van der Waals surface area (Å²) in [6.45, 7) is 6.64. The molecule has 212 valence electrons. The second kappa shape index (κ2) is 11.3. The highest BCUT2D eigenvalue weighted by Crippen LogP contribution is 2.34. The maximum Gasteiger partial charge on any atom is 0.407 e. The molecule has 40 heavy (non-hydrogen) atoms. The average molecular weight is 549 g/mol. The number of nitriles is 1. The number of aromatic nitrogens is 4. The molecule has 1 aliphatic carbocycles. The monoisotopic (exact) mass is 548 g/mol. The number of hydrogen-bond acceptors (Lipinski definition) is 7. The number of hydrogen-bond donors (Lipinski definition) is 2. The van der Waals surface area contributed by atoms with E-state index >= 15 is 4.39 Å². The third kappa shape index (κ3) is 5.67. The summed E-state index contributed by atoms with van der Waals surface area (Å²) in [5.41, 5.74) is 1.00. The number of nitrogens with one attached hydrogen (secondary N) is 1. The van der Waals surface area contributed by atoms with Crippen molar-refractivity contribution < 1.29 is 14.3 Å². The molecule has 2 N–H and O–H groups in total. The molecule has 4 heterocycles. The SMILES string of the molecule is CC(C)(C)N(C(=O)O)C1CCN(c2nc(-c3cnn4ccccc34)nc(NC3CCC(CC#N)CC3)c2F)CC1. The first-order chi connectivity index (χ1) is 19.2. The van der Waals surface area contributed by atoms with Crippen molar-refractivity contribution in [1.29, 1.82) is 5.26 Å². The highest BCUT2D eigenvalue weighted by molar-refractivity contribution is 5.77. The quantitative estimate of drug-likeness (QED) is 0.410. The Labute approximate surface area is 233 Å². The van der Waals surface area contributed by atoms with Crippen LogP contribution in [0.4, 0.5) is 20.8 Å². The number of pyridine rings is 1. The van der Waals surface area contributed by atoms with Gasteiger partial charge in [0.2, 0.25) is 5.82 Å². The number of amides is 1. The third-order valence-electron chi connectivity index (χ3n) is 8.13. The van der Waals surface area contributed by atoms with E-state index in [2.05, 4.69) is 21.5 Å². The lowest BCUT2D eigenvalue weighted by Gasteiger charge is -2.43. The number of piperidine rings is 1. The molecule has 1 saturated heterocycles. The number of carbonyl (C=O) groups is 1. The first-order valence-corrected chi connectivity index (χ1v) is 14.1. The minimum atomic E-state index is -0.939. The van der Waals surface area contributed by atoms with Crippen LogP contribution in [0.3, 0.4) is 0 Å². The van der Waals surface area contributed by atoms with E-state index in [1.807, 2.05) is 50.1 Å². The van der Waals surface area contributed by atoms with Crippen LogP contribution in [0.1, 0.15) is 65.7 Å². The summed E-state index contributed by atoms with van der Waals surface area (Å²) >= 11 is 0. The topological polar surface area (TPSA) is 123 Å². The zero-order valence-electron chi connectivity index (χ0n) is 23.3. The Morgan fingerprint density at radius 1 is 1.18 bits per heavy atom. The second-order valence-corrected chi connectivity index (χ2v) is 11.9. The molecular formula is C29H37FN8O2. The third-order valence-corrected chi connectivity index (χ3v) is 8.13. The zero-order valence-corrected chi connectivity index (χ0v) is 23.3. The van der Waals surface area contributed by atoms with Crippen molar-refractivity contribution in [3.63, 3.8) is 0 Å². The fourth-order valence-corrected chi connectivity index (χ4v) is 6.13. The van der Waals surface area contributed by atoms with Gasteiger partial charge in [-0.25, -0.2) is 19.3 Å². The van der Waals surface area contributed by atoms with Gasteiger partial charge in [-0.2, -0.15) is 14.8 Å². The van der Waals surface area contributed by atoms with Gasteiger partial charge in [0.1, 0.15) is 0 Å². The van der Waals surface area contributed by atoms with E-state index in [1.165, 1.54) is 4.90 Å².